The van der Waals surface area contributed by atoms with Crippen LogP contribution >= 0.6 is 11.8 Å². The van der Waals surface area contributed by atoms with Crippen molar-refractivity contribution in [1.82, 2.24) is 5.43 Å². The minimum atomic E-state index is -0.235. The summed E-state index contributed by atoms with van der Waals surface area (Å²) in [5.41, 5.74) is 4.60. The van der Waals surface area contributed by atoms with Crippen LogP contribution in [-0.2, 0) is 4.79 Å². The molecule has 6 heteroatoms. The lowest BCUT2D eigenvalue weighted by Gasteiger charge is -2.09. The smallest absolute Gasteiger partial charge is 0.253 e. The van der Waals surface area contributed by atoms with Crippen molar-refractivity contribution in [3.63, 3.8) is 0 Å². The first-order chi connectivity index (χ1) is 11.6. The molecule has 1 heterocycles. The zero-order valence-corrected chi connectivity index (χ0v) is 14.3. The lowest BCUT2D eigenvalue weighted by molar-refractivity contribution is -0.120. The highest BCUT2D eigenvalue weighted by Crippen LogP contribution is 2.32. The number of nitrogens with zero attached hydrogens (tertiary/aromatic N) is 1. The monoisotopic (exact) mass is 342 g/mol. The minimum absolute atomic E-state index is 0.141. The van der Waals surface area contributed by atoms with Crippen molar-refractivity contribution in [3.8, 4) is 11.5 Å². The summed E-state index contributed by atoms with van der Waals surface area (Å²) in [6.45, 7) is 4.13. The number of thioether (sulfide) groups is 1. The standard InChI is InChI=1S/C18H18N2O3S/c1-12-3-6-15(7-4-12)24-13(2)18(21)20-19-10-14-5-8-16-17(9-14)23-11-22-16/h3-10,13H,11H2,1-2H3,(H,20,21)/b19-10-/t13-/m0/s1. The molecule has 0 radical (unpaired) electrons. The number of fused-ring (bicyclic) bond motifs is 1. The van der Waals surface area contributed by atoms with Gasteiger partial charge in [-0.05, 0) is 49.7 Å². The Hall–Kier alpha value is -2.47. The van der Waals surface area contributed by atoms with E-state index in [4.69, 9.17) is 9.47 Å². The number of ether oxygens (including phenoxy) is 2. The van der Waals surface area contributed by atoms with Crippen molar-refractivity contribution in [3.05, 3.63) is 53.6 Å². The molecule has 1 aliphatic rings. The van der Waals surface area contributed by atoms with E-state index in [-0.39, 0.29) is 18.0 Å². The van der Waals surface area contributed by atoms with Gasteiger partial charge in [0.1, 0.15) is 0 Å². The van der Waals surface area contributed by atoms with Gasteiger partial charge >= 0.3 is 0 Å². The molecule has 5 nitrogen and oxygen atoms in total. The average molecular weight is 342 g/mol. The van der Waals surface area contributed by atoms with E-state index in [0.29, 0.717) is 5.75 Å². The van der Waals surface area contributed by atoms with Gasteiger partial charge in [-0.25, -0.2) is 5.43 Å². The first-order valence-corrected chi connectivity index (χ1v) is 8.46. The van der Waals surface area contributed by atoms with Crippen LogP contribution in [0.4, 0.5) is 0 Å². The van der Waals surface area contributed by atoms with Crippen LogP contribution in [0.1, 0.15) is 18.1 Å². The van der Waals surface area contributed by atoms with Gasteiger partial charge in [0.05, 0.1) is 11.5 Å². The van der Waals surface area contributed by atoms with E-state index < -0.39 is 0 Å². The number of hydrogen-bond donors (Lipinski definition) is 1. The highest BCUT2D eigenvalue weighted by molar-refractivity contribution is 8.00. The van der Waals surface area contributed by atoms with Crippen LogP contribution in [0.25, 0.3) is 0 Å². The number of carbonyl (C=O) groups excluding carboxylic acids is 1. The number of nitrogens with one attached hydrogen (secondary N) is 1. The van der Waals surface area contributed by atoms with Crippen molar-refractivity contribution < 1.29 is 14.3 Å². The zero-order chi connectivity index (χ0) is 16.9. The number of aryl methyl sites for hydroxylation is 1. The maximum Gasteiger partial charge on any atom is 0.253 e. The summed E-state index contributed by atoms with van der Waals surface area (Å²) in [7, 11) is 0. The van der Waals surface area contributed by atoms with Crippen LogP contribution < -0.4 is 14.9 Å². The molecule has 2 aromatic rings. The Labute approximate surface area is 145 Å². The minimum Gasteiger partial charge on any atom is -0.454 e. The van der Waals surface area contributed by atoms with E-state index in [1.54, 1.807) is 6.21 Å². The van der Waals surface area contributed by atoms with Crippen LogP contribution in [-0.4, -0.2) is 24.2 Å². The number of amides is 1. The molecule has 24 heavy (non-hydrogen) atoms. The van der Waals surface area contributed by atoms with E-state index >= 15 is 0 Å². The van der Waals surface area contributed by atoms with Crippen LogP contribution in [0.2, 0.25) is 0 Å². The normalized spacial score (nSPS) is 13.9. The van der Waals surface area contributed by atoms with Crippen LogP contribution in [0.15, 0.2) is 52.5 Å². The van der Waals surface area contributed by atoms with E-state index in [2.05, 4.69) is 10.5 Å². The van der Waals surface area contributed by atoms with Gasteiger partial charge in [0.25, 0.3) is 5.91 Å². The molecule has 0 bridgehead atoms. The predicted molar refractivity (Wildman–Crippen MR) is 94.8 cm³/mol. The largest absolute Gasteiger partial charge is 0.454 e. The van der Waals surface area contributed by atoms with Gasteiger partial charge in [0.15, 0.2) is 11.5 Å². The highest BCUT2D eigenvalue weighted by Gasteiger charge is 2.14. The Morgan fingerprint density at radius 3 is 2.75 bits per heavy atom. The summed E-state index contributed by atoms with van der Waals surface area (Å²) in [5, 5.41) is 3.77. The molecule has 0 unspecified atom stereocenters. The second kappa shape index (κ2) is 7.40. The number of benzene rings is 2. The Kier molecular flexibility index (Phi) is 5.05. The van der Waals surface area contributed by atoms with Gasteiger partial charge in [-0.15, -0.1) is 11.8 Å². The number of rotatable bonds is 5. The molecule has 0 aromatic heterocycles. The van der Waals surface area contributed by atoms with Crippen LogP contribution in [0, 0.1) is 6.92 Å². The number of carbonyl (C=O) groups is 1. The number of hydrogen-bond acceptors (Lipinski definition) is 5. The van der Waals surface area contributed by atoms with E-state index in [1.165, 1.54) is 17.3 Å². The Balaban J connectivity index is 1.53. The Morgan fingerprint density at radius 1 is 1.21 bits per heavy atom. The zero-order valence-electron chi connectivity index (χ0n) is 13.5. The fourth-order valence-electron chi connectivity index (χ4n) is 2.13. The summed E-state index contributed by atoms with van der Waals surface area (Å²) in [5.74, 6) is 1.27. The topological polar surface area (TPSA) is 59.9 Å². The first kappa shape index (κ1) is 16.4. The summed E-state index contributed by atoms with van der Waals surface area (Å²) in [6.07, 6.45) is 1.59. The van der Waals surface area contributed by atoms with Crippen molar-refractivity contribution in [1.29, 1.82) is 0 Å². The fourth-order valence-corrected chi connectivity index (χ4v) is 2.99. The van der Waals surface area contributed by atoms with E-state index in [1.807, 2.05) is 56.3 Å². The SMILES string of the molecule is Cc1ccc(S[C@@H](C)C(=O)N/N=C\c2ccc3c(c2)OCO3)cc1. The summed E-state index contributed by atoms with van der Waals surface area (Å²) in [6, 6.07) is 13.6. The summed E-state index contributed by atoms with van der Waals surface area (Å²) in [4.78, 5) is 13.2. The van der Waals surface area contributed by atoms with Gasteiger partial charge in [-0.1, -0.05) is 17.7 Å². The Morgan fingerprint density at radius 2 is 1.96 bits per heavy atom. The fraction of sp³-hybridized carbons (Fsp3) is 0.222. The Bertz CT molecular complexity index is 759. The third-order valence-corrected chi connectivity index (χ3v) is 4.60. The molecular formula is C18H18N2O3S. The van der Waals surface area contributed by atoms with Crippen molar-refractivity contribution in [2.75, 3.05) is 6.79 Å². The van der Waals surface area contributed by atoms with E-state index in [9.17, 15) is 4.79 Å². The van der Waals surface area contributed by atoms with Crippen LogP contribution in [0.3, 0.4) is 0 Å². The first-order valence-electron chi connectivity index (χ1n) is 7.58. The van der Waals surface area contributed by atoms with Crippen molar-refractivity contribution in [2.24, 2.45) is 5.10 Å². The number of hydrazone groups is 1. The molecule has 1 amide bonds. The third-order valence-electron chi connectivity index (χ3n) is 3.49. The average Bonchev–Trinajstić information content (AvgIpc) is 3.04. The molecule has 3 rings (SSSR count). The molecule has 0 saturated heterocycles. The van der Waals surface area contributed by atoms with Gasteiger partial charge in [-0.3, -0.25) is 4.79 Å². The molecule has 1 N–H and O–H groups in total. The maximum atomic E-state index is 12.1. The quantitative estimate of drug-likeness (QED) is 0.514. The molecular weight excluding hydrogens is 324 g/mol. The molecule has 0 fully saturated rings. The molecule has 0 spiro atoms. The van der Waals surface area contributed by atoms with Crippen molar-refractivity contribution >= 4 is 23.9 Å². The maximum absolute atomic E-state index is 12.1. The van der Waals surface area contributed by atoms with Crippen molar-refractivity contribution in [2.45, 2.75) is 24.0 Å². The lowest BCUT2D eigenvalue weighted by Crippen LogP contribution is -2.26. The third kappa shape index (κ3) is 4.08. The van der Waals surface area contributed by atoms with E-state index in [0.717, 1.165) is 16.2 Å². The van der Waals surface area contributed by atoms with Gasteiger partial charge in [-0.2, -0.15) is 5.10 Å². The molecule has 1 atom stereocenters. The predicted octanol–water partition coefficient (Wildman–Crippen LogP) is 3.35. The second-order valence-corrected chi connectivity index (χ2v) is 6.83. The molecule has 2 aromatic carbocycles. The van der Waals surface area contributed by atoms with Gasteiger partial charge < -0.3 is 9.47 Å². The molecule has 0 saturated carbocycles. The lowest BCUT2D eigenvalue weighted by atomic mass is 10.2. The summed E-state index contributed by atoms with van der Waals surface area (Å²) < 4.78 is 10.6. The second-order valence-electron chi connectivity index (χ2n) is 5.42. The molecule has 124 valence electrons. The molecule has 0 aliphatic carbocycles. The van der Waals surface area contributed by atoms with Crippen LogP contribution in [0.5, 0.6) is 11.5 Å². The van der Waals surface area contributed by atoms with Gasteiger partial charge in [0.2, 0.25) is 6.79 Å². The summed E-state index contributed by atoms with van der Waals surface area (Å²) >= 11 is 1.50. The van der Waals surface area contributed by atoms with Gasteiger partial charge in [0, 0.05) is 4.90 Å². The highest BCUT2D eigenvalue weighted by atomic mass is 32.2. The molecule has 1 aliphatic heterocycles.